The molecule has 3 nitrogen and oxygen atoms in total. The predicted molar refractivity (Wildman–Crippen MR) is 162 cm³/mol. The second kappa shape index (κ2) is 9.40. The van der Waals surface area contributed by atoms with Crippen molar-refractivity contribution in [3.05, 3.63) is 155 Å². The minimum Gasteiger partial charge on any atom is -0.298 e. The Hall–Kier alpha value is -5.41. The summed E-state index contributed by atoms with van der Waals surface area (Å²) in [5.74, 6) is -0.550. The zero-order chi connectivity index (χ0) is 27.2. The Balaban J connectivity index is 1.56. The van der Waals surface area contributed by atoms with Crippen molar-refractivity contribution in [1.82, 2.24) is 0 Å². The van der Waals surface area contributed by atoms with Crippen LogP contribution in [0.5, 0.6) is 0 Å². The summed E-state index contributed by atoms with van der Waals surface area (Å²) in [6, 6.07) is 39.9. The van der Waals surface area contributed by atoms with Crippen molar-refractivity contribution < 1.29 is 14.4 Å². The van der Waals surface area contributed by atoms with Gasteiger partial charge in [0, 0.05) is 33.2 Å². The number of aldehydes is 1. The van der Waals surface area contributed by atoms with Gasteiger partial charge in [-0.05, 0) is 55.9 Å². The Morgan fingerprint density at radius 3 is 1.93 bits per heavy atom. The molecule has 0 atom stereocenters. The van der Waals surface area contributed by atoms with Gasteiger partial charge in [0.1, 0.15) is 0 Å². The first-order valence-corrected chi connectivity index (χ1v) is 13.1. The summed E-state index contributed by atoms with van der Waals surface area (Å²) in [7, 11) is 0. The Morgan fingerprint density at radius 2 is 1.12 bits per heavy atom. The van der Waals surface area contributed by atoms with Crippen molar-refractivity contribution in [3.63, 3.8) is 0 Å². The molecule has 0 aliphatic rings. The number of hydrogen-bond acceptors (Lipinski definition) is 3. The molecule has 7 aromatic rings. The van der Waals surface area contributed by atoms with Crippen molar-refractivity contribution in [2.24, 2.45) is 0 Å². The number of rotatable bonds is 5. The first-order valence-electron chi connectivity index (χ1n) is 13.1. The molecular weight excluding hydrogens is 492 g/mol. The van der Waals surface area contributed by atoms with Gasteiger partial charge in [0.25, 0.3) is 0 Å². The molecule has 0 fully saturated rings. The molecule has 40 heavy (non-hydrogen) atoms. The predicted octanol–water partition coefficient (Wildman–Crippen LogP) is 8.57. The summed E-state index contributed by atoms with van der Waals surface area (Å²) in [5.41, 5.74) is 1.91. The van der Waals surface area contributed by atoms with Crippen LogP contribution < -0.4 is 0 Å². The van der Waals surface area contributed by atoms with Crippen molar-refractivity contribution in [2.75, 3.05) is 0 Å². The van der Waals surface area contributed by atoms with E-state index in [1.54, 1.807) is 18.2 Å². The lowest BCUT2D eigenvalue weighted by atomic mass is 9.85. The third kappa shape index (κ3) is 3.71. The lowest BCUT2D eigenvalue weighted by molar-refractivity contribution is 0.100. The third-order valence-electron chi connectivity index (χ3n) is 7.70. The van der Waals surface area contributed by atoms with Gasteiger partial charge in [0.15, 0.2) is 17.9 Å². The van der Waals surface area contributed by atoms with E-state index in [1.807, 2.05) is 109 Å². The maximum atomic E-state index is 14.5. The average molecular weight is 515 g/mol. The van der Waals surface area contributed by atoms with Gasteiger partial charge in [0.2, 0.25) is 0 Å². The SMILES string of the molecule is O=Cc1c2ccccc2cc2ccc(C(=O)c3cccc4ccccc34)c(C(=O)c3ccc4ccccc4c3)c12. The topological polar surface area (TPSA) is 51.2 Å². The molecule has 0 aliphatic carbocycles. The highest BCUT2D eigenvalue weighted by atomic mass is 16.1. The second-order valence-electron chi connectivity index (χ2n) is 9.96. The van der Waals surface area contributed by atoms with Crippen LogP contribution in [0.2, 0.25) is 0 Å². The first-order chi connectivity index (χ1) is 19.6. The Morgan fingerprint density at radius 1 is 0.475 bits per heavy atom. The fourth-order valence-electron chi connectivity index (χ4n) is 5.79. The van der Waals surface area contributed by atoms with Gasteiger partial charge in [0.05, 0.1) is 0 Å². The number of benzene rings is 7. The number of fused-ring (bicyclic) bond motifs is 4. The van der Waals surface area contributed by atoms with Crippen LogP contribution in [0.3, 0.4) is 0 Å². The van der Waals surface area contributed by atoms with Gasteiger partial charge in [-0.1, -0.05) is 109 Å². The summed E-state index contributed by atoms with van der Waals surface area (Å²) in [6.07, 6.45) is 0.800. The maximum absolute atomic E-state index is 14.5. The number of carbonyl (C=O) groups is 3. The van der Waals surface area contributed by atoms with Crippen LogP contribution in [0.1, 0.15) is 42.2 Å². The maximum Gasteiger partial charge on any atom is 0.194 e. The molecule has 7 aromatic carbocycles. The third-order valence-corrected chi connectivity index (χ3v) is 7.70. The Bertz CT molecular complexity index is 2170. The van der Waals surface area contributed by atoms with E-state index in [4.69, 9.17) is 0 Å². The summed E-state index contributed by atoms with van der Waals surface area (Å²) >= 11 is 0. The summed E-state index contributed by atoms with van der Waals surface area (Å²) in [4.78, 5) is 41.4. The van der Waals surface area contributed by atoms with Crippen LogP contribution in [0.15, 0.2) is 127 Å². The minimum atomic E-state index is -0.293. The van der Waals surface area contributed by atoms with E-state index in [1.165, 1.54) is 0 Å². The highest BCUT2D eigenvalue weighted by Gasteiger charge is 2.26. The fourth-order valence-corrected chi connectivity index (χ4v) is 5.79. The largest absolute Gasteiger partial charge is 0.298 e. The van der Waals surface area contributed by atoms with Crippen molar-refractivity contribution in [1.29, 1.82) is 0 Å². The van der Waals surface area contributed by atoms with Gasteiger partial charge in [-0.25, -0.2) is 0 Å². The molecule has 0 spiro atoms. The van der Waals surface area contributed by atoms with E-state index in [2.05, 4.69) is 0 Å². The second-order valence-corrected chi connectivity index (χ2v) is 9.96. The molecule has 0 unspecified atom stereocenters. The van der Waals surface area contributed by atoms with Crippen LogP contribution in [-0.4, -0.2) is 17.9 Å². The van der Waals surface area contributed by atoms with Crippen LogP contribution in [0, 0.1) is 0 Å². The van der Waals surface area contributed by atoms with Crippen molar-refractivity contribution in [2.45, 2.75) is 0 Å². The molecule has 0 saturated heterocycles. The van der Waals surface area contributed by atoms with Gasteiger partial charge in [-0.3, -0.25) is 14.4 Å². The molecule has 0 heterocycles. The van der Waals surface area contributed by atoms with Crippen LogP contribution in [0.25, 0.3) is 43.1 Å². The highest BCUT2D eigenvalue weighted by Crippen LogP contribution is 2.35. The molecule has 0 bridgehead atoms. The number of hydrogen-bond donors (Lipinski definition) is 0. The van der Waals surface area contributed by atoms with Gasteiger partial charge in [-0.2, -0.15) is 0 Å². The molecular formula is C37H22O3. The zero-order valence-corrected chi connectivity index (χ0v) is 21.4. The lowest BCUT2D eigenvalue weighted by Gasteiger charge is -2.16. The van der Waals surface area contributed by atoms with Crippen LogP contribution >= 0.6 is 0 Å². The zero-order valence-electron chi connectivity index (χ0n) is 21.4. The summed E-state index contributed by atoms with van der Waals surface area (Å²) < 4.78 is 0. The quantitative estimate of drug-likeness (QED) is 0.131. The van der Waals surface area contributed by atoms with E-state index in [-0.39, 0.29) is 22.7 Å². The van der Waals surface area contributed by atoms with Crippen LogP contribution in [-0.2, 0) is 0 Å². The molecule has 0 radical (unpaired) electrons. The van der Waals surface area contributed by atoms with Crippen molar-refractivity contribution >= 4 is 60.9 Å². The number of carbonyl (C=O) groups excluding carboxylic acids is 3. The standard InChI is InChI=1S/C37H22O3/c38-22-33-30-14-6-4-11-26(30)21-27-18-19-32(37(40)31-15-7-12-24-9-3-5-13-29(24)31)35(34(27)33)36(39)28-17-16-23-8-1-2-10-25(23)20-28/h1-22H. The molecule has 0 saturated carbocycles. The summed E-state index contributed by atoms with van der Waals surface area (Å²) in [6.45, 7) is 0. The van der Waals surface area contributed by atoms with E-state index < -0.39 is 0 Å². The smallest absolute Gasteiger partial charge is 0.194 e. The normalized spacial score (nSPS) is 11.3. The summed E-state index contributed by atoms with van der Waals surface area (Å²) in [5, 5.41) is 6.57. The Labute approximate surface area is 230 Å². The molecule has 0 N–H and O–H groups in total. The molecule has 0 aromatic heterocycles. The van der Waals surface area contributed by atoms with E-state index in [9.17, 15) is 14.4 Å². The van der Waals surface area contributed by atoms with Gasteiger partial charge < -0.3 is 0 Å². The monoisotopic (exact) mass is 514 g/mol. The van der Waals surface area contributed by atoms with E-state index in [0.717, 1.165) is 44.0 Å². The highest BCUT2D eigenvalue weighted by molar-refractivity contribution is 6.30. The molecule has 188 valence electrons. The van der Waals surface area contributed by atoms with Crippen LogP contribution in [0.4, 0.5) is 0 Å². The van der Waals surface area contributed by atoms with Gasteiger partial charge in [-0.15, -0.1) is 0 Å². The lowest BCUT2D eigenvalue weighted by Crippen LogP contribution is -2.13. The fraction of sp³-hybridized carbons (Fsp3) is 0. The minimum absolute atomic E-state index is 0.249. The first kappa shape index (κ1) is 23.7. The Kier molecular flexibility index (Phi) is 5.57. The van der Waals surface area contributed by atoms with E-state index in [0.29, 0.717) is 22.1 Å². The molecule has 7 rings (SSSR count). The average Bonchev–Trinajstić information content (AvgIpc) is 3.02. The molecule has 0 aliphatic heterocycles. The molecule has 0 amide bonds. The van der Waals surface area contributed by atoms with Gasteiger partial charge >= 0.3 is 0 Å². The van der Waals surface area contributed by atoms with E-state index >= 15 is 0 Å². The molecule has 3 heteroatoms. The van der Waals surface area contributed by atoms with Crippen molar-refractivity contribution in [3.8, 4) is 0 Å². The number of ketones is 2.